The van der Waals surface area contributed by atoms with E-state index in [1.807, 2.05) is 0 Å². The third-order valence-corrected chi connectivity index (χ3v) is 2.11. The van der Waals surface area contributed by atoms with Gasteiger partial charge in [-0.2, -0.15) is 0 Å². The molecule has 0 heterocycles. The van der Waals surface area contributed by atoms with E-state index in [-0.39, 0.29) is 24.4 Å². The number of para-hydroxylation sites is 1. The average Bonchev–Trinajstić information content (AvgIpc) is 2.35. The Hall–Kier alpha value is -2.04. The molecule has 18 heavy (non-hydrogen) atoms. The lowest BCUT2D eigenvalue weighted by atomic mass is 10.3. The van der Waals surface area contributed by atoms with E-state index >= 15 is 0 Å². The molecular formula is C13H17FN2O2. The number of amides is 2. The Kier molecular flexibility index (Phi) is 5.70. The lowest BCUT2D eigenvalue weighted by Gasteiger charge is -2.15. The van der Waals surface area contributed by atoms with Crippen molar-refractivity contribution in [1.29, 1.82) is 0 Å². The first-order valence-corrected chi connectivity index (χ1v) is 5.66. The molecule has 2 N–H and O–H groups in total. The molecule has 0 unspecified atom stereocenters. The van der Waals surface area contributed by atoms with Crippen LogP contribution in [0.25, 0.3) is 0 Å². The van der Waals surface area contributed by atoms with E-state index in [1.54, 1.807) is 31.2 Å². The molecule has 0 spiro atoms. The van der Waals surface area contributed by atoms with Crippen molar-refractivity contribution < 1.29 is 13.9 Å². The number of rotatable bonds is 6. The highest BCUT2D eigenvalue weighted by Crippen LogP contribution is 2.15. The van der Waals surface area contributed by atoms with Crippen molar-refractivity contribution >= 4 is 6.03 Å². The van der Waals surface area contributed by atoms with Crippen LogP contribution in [0.4, 0.5) is 9.18 Å². The van der Waals surface area contributed by atoms with Crippen molar-refractivity contribution in [3.63, 3.8) is 0 Å². The Morgan fingerprint density at radius 2 is 2.28 bits per heavy atom. The zero-order valence-electron chi connectivity index (χ0n) is 10.3. The van der Waals surface area contributed by atoms with Crippen LogP contribution < -0.4 is 15.4 Å². The van der Waals surface area contributed by atoms with Gasteiger partial charge in [0, 0.05) is 6.54 Å². The fraction of sp³-hybridized carbons (Fsp3) is 0.308. The Balaban J connectivity index is 2.33. The zero-order chi connectivity index (χ0) is 13.4. The number of hydrogen-bond donors (Lipinski definition) is 2. The first kappa shape index (κ1) is 14.0. The fourth-order valence-electron chi connectivity index (χ4n) is 1.26. The Morgan fingerprint density at radius 1 is 1.56 bits per heavy atom. The van der Waals surface area contributed by atoms with Crippen LogP contribution in [-0.4, -0.2) is 25.2 Å². The van der Waals surface area contributed by atoms with Crippen LogP contribution in [0.1, 0.15) is 6.92 Å². The molecule has 0 aliphatic rings. The fourth-order valence-corrected chi connectivity index (χ4v) is 1.26. The molecule has 0 radical (unpaired) electrons. The molecular weight excluding hydrogens is 235 g/mol. The minimum Gasteiger partial charge on any atom is -0.488 e. The van der Waals surface area contributed by atoms with Gasteiger partial charge in [0.2, 0.25) is 0 Å². The highest BCUT2D eigenvalue weighted by Gasteiger charge is 2.08. The Morgan fingerprint density at radius 3 is 2.94 bits per heavy atom. The molecule has 0 bridgehead atoms. The van der Waals surface area contributed by atoms with E-state index in [2.05, 4.69) is 17.2 Å². The minimum atomic E-state index is -0.416. The van der Waals surface area contributed by atoms with Gasteiger partial charge < -0.3 is 15.4 Å². The summed E-state index contributed by atoms with van der Waals surface area (Å²) in [5.41, 5.74) is 0. The second-order valence-corrected chi connectivity index (χ2v) is 3.79. The second kappa shape index (κ2) is 7.32. The van der Waals surface area contributed by atoms with Crippen LogP contribution in [-0.2, 0) is 0 Å². The summed E-state index contributed by atoms with van der Waals surface area (Å²) >= 11 is 0. The Labute approximate surface area is 106 Å². The highest BCUT2D eigenvalue weighted by molar-refractivity contribution is 5.74. The molecule has 0 aromatic heterocycles. The number of nitrogens with one attached hydrogen (secondary N) is 2. The standard InChI is InChI=1S/C13H17FN2O2/c1-3-8-15-13(17)16-10(2)9-18-12-7-5-4-6-11(12)14/h3-7,10H,1,8-9H2,2H3,(H2,15,16,17)/t10-/m1/s1. The number of urea groups is 1. The summed E-state index contributed by atoms with van der Waals surface area (Å²) in [5.74, 6) is -0.238. The van der Waals surface area contributed by atoms with Gasteiger partial charge in [0.15, 0.2) is 11.6 Å². The van der Waals surface area contributed by atoms with Crippen molar-refractivity contribution in [2.75, 3.05) is 13.2 Å². The quantitative estimate of drug-likeness (QED) is 0.761. The molecule has 0 aliphatic carbocycles. The molecule has 0 saturated heterocycles. The van der Waals surface area contributed by atoms with Crippen molar-refractivity contribution in [3.8, 4) is 5.75 Å². The number of hydrogen-bond acceptors (Lipinski definition) is 2. The van der Waals surface area contributed by atoms with Crippen LogP contribution in [0.3, 0.4) is 0 Å². The topological polar surface area (TPSA) is 50.4 Å². The van der Waals surface area contributed by atoms with E-state index in [0.717, 1.165) is 0 Å². The molecule has 98 valence electrons. The molecule has 1 aromatic carbocycles. The van der Waals surface area contributed by atoms with Crippen LogP contribution >= 0.6 is 0 Å². The third-order valence-electron chi connectivity index (χ3n) is 2.11. The summed E-state index contributed by atoms with van der Waals surface area (Å²) in [7, 11) is 0. The van der Waals surface area contributed by atoms with E-state index in [1.165, 1.54) is 6.07 Å². The third kappa shape index (κ3) is 4.86. The summed E-state index contributed by atoms with van der Waals surface area (Å²) in [4.78, 5) is 11.3. The maximum Gasteiger partial charge on any atom is 0.315 e. The van der Waals surface area contributed by atoms with Gasteiger partial charge in [-0.3, -0.25) is 0 Å². The number of halogens is 1. The van der Waals surface area contributed by atoms with Crippen LogP contribution in [0.5, 0.6) is 5.75 Å². The van der Waals surface area contributed by atoms with Gasteiger partial charge in [-0.25, -0.2) is 9.18 Å². The van der Waals surface area contributed by atoms with Gasteiger partial charge in [0.05, 0.1) is 6.04 Å². The maximum atomic E-state index is 13.2. The maximum absolute atomic E-state index is 13.2. The van der Waals surface area contributed by atoms with E-state index < -0.39 is 5.82 Å². The molecule has 2 amide bonds. The predicted molar refractivity (Wildman–Crippen MR) is 68.1 cm³/mol. The average molecular weight is 252 g/mol. The van der Waals surface area contributed by atoms with Gasteiger partial charge in [0.25, 0.3) is 0 Å². The van der Waals surface area contributed by atoms with Crippen molar-refractivity contribution in [3.05, 3.63) is 42.7 Å². The van der Waals surface area contributed by atoms with Gasteiger partial charge >= 0.3 is 6.03 Å². The van der Waals surface area contributed by atoms with E-state index in [9.17, 15) is 9.18 Å². The van der Waals surface area contributed by atoms with E-state index in [0.29, 0.717) is 6.54 Å². The van der Waals surface area contributed by atoms with Crippen LogP contribution in [0, 0.1) is 5.82 Å². The number of benzene rings is 1. The molecule has 4 nitrogen and oxygen atoms in total. The minimum absolute atomic E-state index is 0.178. The number of ether oxygens (including phenoxy) is 1. The number of carbonyl (C=O) groups is 1. The van der Waals surface area contributed by atoms with Gasteiger partial charge in [-0.1, -0.05) is 18.2 Å². The molecule has 0 aliphatic heterocycles. The van der Waals surface area contributed by atoms with Crippen LogP contribution in [0.2, 0.25) is 0 Å². The molecule has 1 rings (SSSR count). The van der Waals surface area contributed by atoms with Crippen LogP contribution in [0.15, 0.2) is 36.9 Å². The van der Waals surface area contributed by atoms with Crippen molar-refractivity contribution in [2.24, 2.45) is 0 Å². The normalized spacial score (nSPS) is 11.4. The molecule has 0 saturated carbocycles. The smallest absolute Gasteiger partial charge is 0.315 e. The number of carbonyl (C=O) groups excluding carboxylic acids is 1. The first-order chi connectivity index (χ1) is 8.63. The van der Waals surface area contributed by atoms with Crippen molar-refractivity contribution in [2.45, 2.75) is 13.0 Å². The largest absolute Gasteiger partial charge is 0.488 e. The molecule has 1 aromatic rings. The Bertz CT molecular complexity index is 410. The van der Waals surface area contributed by atoms with Gasteiger partial charge in [0.1, 0.15) is 6.61 Å². The lowest BCUT2D eigenvalue weighted by Crippen LogP contribution is -2.43. The van der Waals surface area contributed by atoms with Gasteiger partial charge in [-0.05, 0) is 19.1 Å². The zero-order valence-corrected chi connectivity index (χ0v) is 10.3. The predicted octanol–water partition coefficient (Wildman–Crippen LogP) is 2.08. The lowest BCUT2D eigenvalue weighted by molar-refractivity contribution is 0.225. The summed E-state index contributed by atoms with van der Waals surface area (Å²) < 4.78 is 18.5. The van der Waals surface area contributed by atoms with E-state index in [4.69, 9.17) is 4.74 Å². The molecule has 0 fully saturated rings. The summed E-state index contributed by atoms with van der Waals surface area (Å²) in [6.45, 7) is 5.85. The van der Waals surface area contributed by atoms with Crippen molar-refractivity contribution in [1.82, 2.24) is 10.6 Å². The molecule has 1 atom stereocenters. The highest BCUT2D eigenvalue weighted by atomic mass is 19.1. The molecule has 5 heteroatoms. The summed E-state index contributed by atoms with van der Waals surface area (Å²) in [6.07, 6.45) is 1.58. The second-order valence-electron chi connectivity index (χ2n) is 3.79. The summed E-state index contributed by atoms with van der Waals surface area (Å²) in [6, 6.07) is 5.61. The van der Waals surface area contributed by atoms with Gasteiger partial charge in [-0.15, -0.1) is 6.58 Å². The monoisotopic (exact) mass is 252 g/mol. The summed E-state index contributed by atoms with van der Waals surface area (Å²) in [5, 5.41) is 5.23. The SMILES string of the molecule is C=CCNC(=O)N[C@H](C)COc1ccccc1F. The first-order valence-electron chi connectivity index (χ1n) is 5.66.